The molecule has 6 heteroatoms. The van der Waals surface area contributed by atoms with Crippen LogP contribution in [0.25, 0.3) is 0 Å². The van der Waals surface area contributed by atoms with E-state index >= 15 is 0 Å². The molecule has 0 aliphatic rings. The highest BCUT2D eigenvalue weighted by atomic mass is 79.9. The SMILES string of the molecule is CNC(c1cc(Cl)ccc1Br)c1c(OC)cnn1C(C)C. The molecule has 21 heavy (non-hydrogen) atoms. The fourth-order valence-electron chi connectivity index (χ4n) is 2.37. The van der Waals surface area contributed by atoms with Gasteiger partial charge in [0.25, 0.3) is 0 Å². The minimum absolute atomic E-state index is 0.0714. The molecule has 1 heterocycles. The molecule has 0 radical (unpaired) electrons. The summed E-state index contributed by atoms with van der Waals surface area (Å²) in [5, 5.41) is 8.46. The fourth-order valence-corrected chi connectivity index (χ4v) is 3.03. The molecule has 1 atom stereocenters. The van der Waals surface area contributed by atoms with Crippen LogP contribution in [0.1, 0.15) is 37.2 Å². The minimum Gasteiger partial charge on any atom is -0.493 e. The second-order valence-corrected chi connectivity index (χ2v) is 6.31. The van der Waals surface area contributed by atoms with Crippen LogP contribution in [0.5, 0.6) is 5.75 Å². The summed E-state index contributed by atoms with van der Waals surface area (Å²) >= 11 is 9.75. The van der Waals surface area contributed by atoms with Gasteiger partial charge in [0.05, 0.1) is 19.3 Å². The van der Waals surface area contributed by atoms with Crippen molar-refractivity contribution in [3.05, 3.63) is 45.1 Å². The number of methoxy groups -OCH3 is 1. The van der Waals surface area contributed by atoms with Crippen molar-refractivity contribution >= 4 is 27.5 Å². The summed E-state index contributed by atoms with van der Waals surface area (Å²) in [5.41, 5.74) is 2.03. The first-order valence-corrected chi connectivity index (χ1v) is 7.90. The topological polar surface area (TPSA) is 39.1 Å². The second kappa shape index (κ2) is 6.81. The Balaban J connectivity index is 2.61. The van der Waals surface area contributed by atoms with Gasteiger partial charge in [-0.15, -0.1) is 0 Å². The molecule has 0 spiro atoms. The Morgan fingerprint density at radius 2 is 2.10 bits per heavy atom. The third-order valence-electron chi connectivity index (χ3n) is 3.34. The van der Waals surface area contributed by atoms with Crippen molar-refractivity contribution in [1.82, 2.24) is 15.1 Å². The molecule has 114 valence electrons. The van der Waals surface area contributed by atoms with Crippen molar-refractivity contribution < 1.29 is 4.74 Å². The first kappa shape index (κ1) is 16.3. The number of aromatic nitrogens is 2. The molecule has 0 bridgehead atoms. The van der Waals surface area contributed by atoms with E-state index in [0.717, 1.165) is 21.5 Å². The van der Waals surface area contributed by atoms with Crippen molar-refractivity contribution in [3.63, 3.8) is 0 Å². The number of nitrogens with one attached hydrogen (secondary N) is 1. The van der Waals surface area contributed by atoms with Crippen LogP contribution in [0.2, 0.25) is 5.02 Å². The smallest absolute Gasteiger partial charge is 0.161 e. The lowest BCUT2D eigenvalue weighted by atomic mass is 10.0. The summed E-state index contributed by atoms with van der Waals surface area (Å²) in [4.78, 5) is 0. The minimum atomic E-state index is -0.0714. The lowest BCUT2D eigenvalue weighted by molar-refractivity contribution is 0.396. The third-order valence-corrected chi connectivity index (χ3v) is 4.30. The highest BCUT2D eigenvalue weighted by Gasteiger charge is 2.25. The molecule has 2 rings (SSSR count). The predicted molar refractivity (Wildman–Crippen MR) is 89.2 cm³/mol. The van der Waals surface area contributed by atoms with Gasteiger partial charge in [-0.25, -0.2) is 0 Å². The van der Waals surface area contributed by atoms with E-state index in [1.165, 1.54) is 0 Å². The van der Waals surface area contributed by atoms with Crippen molar-refractivity contribution in [2.45, 2.75) is 25.9 Å². The lowest BCUT2D eigenvalue weighted by Crippen LogP contribution is -2.23. The number of nitrogens with zero attached hydrogens (tertiary/aromatic N) is 2. The van der Waals surface area contributed by atoms with Crippen molar-refractivity contribution in [2.24, 2.45) is 0 Å². The summed E-state index contributed by atoms with van der Waals surface area (Å²) in [7, 11) is 3.57. The van der Waals surface area contributed by atoms with Gasteiger partial charge in [0.15, 0.2) is 5.75 Å². The van der Waals surface area contributed by atoms with E-state index in [1.54, 1.807) is 13.3 Å². The van der Waals surface area contributed by atoms with Gasteiger partial charge in [-0.3, -0.25) is 4.68 Å². The molecule has 1 aromatic carbocycles. The Morgan fingerprint density at radius 1 is 1.38 bits per heavy atom. The maximum atomic E-state index is 6.15. The van der Waals surface area contributed by atoms with Gasteiger partial charge in [-0.05, 0) is 44.7 Å². The largest absolute Gasteiger partial charge is 0.493 e. The first-order chi connectivity index (χ1) is 9.99. The Hall–Kier alpha value is -1.04. The van der Waals surface area contributed by atoms with Crippen LogP contribution in [0, 0.1) is 0 Å². The number of ether oxygens (including phenoxy) is 1. The van der Waals surface area contributed by atoms with Crippen LogP contribution < -0.4 is 10.1 Å². The number of hydrogen-bond donors (Lipinski definition) is 1. The molecule has 0 aliphatic carbocycles. The van der Waals surface area contributed by atoms with Gasteiger partial charge in [0.2, 0.25) is 0 Å². The van der Waals surface area contributed by atoms with Gasteiger partial charge in [0, 0.05) is 15.5 Å². The van der Waals surface area contributed by atoms with E-state index in [0.29, 0.717) is 5.02 Å². The summed E-state index contributed by atoms with van der Waals surface area (Å²) in [5.74, 6) is 0.759. The van der Waals surface area contributed by atoms with Crippen LogP contribution in [0.3, 0.4) is 0 Å². The Labute approximate surface area is 138 Å². The number of rotatable bonds is 5. The summed E-state index contributed by atoms with van der Waals surface area (Å²) in [6.07, 6.45) is 1.75. The Morgan fingerprint density at radius 3 is 2.67 bits per heavy atom. The van der Waals surface area contributed by atoms with E-state index in [1.807, 2.05) is 29.9 Å². The van der Waals surface area contributed by atoms with Gasteiger partial charge in [0.1, 0.15) is 5.69 Å². The van der Waals surface area contributed by atoms with Crippen LogP contribution in [0.4, 0.5) is 0 Å². The molecule has 0 aliphatic heterocycles. The molecule has 0 amide bonds. The van der Waals surface area contributed by atoms with Crippen LogP contribution in [-0.4, -0.2) is 23.9 Å². The van der Waals surface area contributed by atoms with E-state index in [2.05, 4.69) is 40.2 Å². The Bertz CT molecular complexity index is 627. The van der Waals surface area contributed by atoms with E-state index in [-0.39, 0.29) is 12.1 Å². The zero-order valence-electron chi connectivity index (χ0n) is 12.5. The van der Waals surface area contributed by atoms with Crippen LogP contribution >= 0.6 is 27.5 Å². The normalized spacial score (nSPS) is 12.7. The first-order valence-electron chi connectivity index (χ1n) is 6.73. The maximum absolute atomic E-state index is 6.15. The van der Waals surface area contributed by atoms with Crippen LogP contribution in [-0.2, 0) is 0 Å². The quantitative estimate of drug-likeness (QED) is 0.855. The zero-order valence-corrected chi connectivity index (χ0v) is 14.9. The van der Waals surface area contributed by atoms with Crippen molar-refractivity contribution in [3.8, 4) is 5.75 Å². The zero-order chi connectivity index (χ0) is 15.6. The van der Waals surface area contributed by atoms with Crippen molar-refractivity contribution in [2.75, 3.05) is 14.2 Å². The molecule has 0 saturated carbocycles. The molecular weight excluding hydrogens is 354 g/mol. The molecule has 0 saturated heterocycles. The van der Waals surface area contributed by atoms with Crippen LogP contribution in [0.15, 0.2) is 28.9 Å². The van der Waals surface area contributed by atoms with Gasteiger partial charge in [-0.1, -0.05) is 27.5 Å². The predicted octanol–water partition coefficient (Wildman–Crippen LogP) is 4.20. The number of benzene rings is 1. The van der Waals surface area contributed by atoms with E-state index in [9.17, 15) is 0 Å². The number of hydrogen-bond acceptors (Lipinski definition) is 3. The molecule has 1 unspecified atom stereocenters. The fraction of sp³-hybridized carbons (Fsp3) is 0.400. The molecule has 2 aromatic rings. The van der Waals surface area contributed by atoms with Gasteiger partial charge >= 0.3 is 0 Å². The lowest BCUT2D eigenvalue weighted by Gasteiger charge is -2.22. The molecule has 1 N–H and O–H groups in total. The standard InChI is InChI=1S/C15H19BrClN3O/c1-9(2)20-15(13(21-4)8-19-20)14(18-3)11-7-10(17)5-6-12(11)16/h5-9,14,18H,1-4H3. The monoisotopic (exact) mass is 371 g/mol. The van der Waals surface area contributed by atoms with E-state index in [4.69, 9.17) is 16.3 Å². The summed E-state index contributed by atoms with van der Waals surface area (Å²) in [6.45, 7) is 4.19. The molecular formula is C15H19BrClN3O. The maximum Gasteiger partial charge on any atom is 0.161 e. The van der Waals surface area contributed by atoms with Gasteiger partial charge < -0.3 is 10.1 Å². The number of halogens is 2. The Kier molecular flexibility index (Phi) is 5.30. The summed E-state index contributed by atoms with van der Waals surface area (Å²) in [6, 6.07) is 5.92. The average molecular weight is 373 g/mol. The molecule has 4 nitrogen and oxygen atoms in total. The van der Waals surface area contributed by atoms with E-state index < -0.39 is 0 Å². The molecule has 0 fully saturated rings. The highest BCUT2D eigenvalue weighted by molar-refractivity contribution is 9.10. The second-order valence-electron chi connectivity index (χ2n) is 5.02. The summed E-state index contributed by atoms with van der Waals surface area (Å²) < 4.78 is 8.44. The van der Waals surface area contributed by atoms with Gasteiger partial charge in [-0.2, -0.15) is 5.10 Å². The molecule has 1 aromatic heterocycles. The third kappa shape index (κ3) is 3.25. The average Bonchev–Trinajstić information content (AvgIpc) is 2.87. The van der Waals surface area contributed by atoms with Crippen molar-refractivity contribution in [1.29, 1.82) is 0 Å². The highest BCUT2D eigenvalue weighted by Crippen LogP contribution is 2.36.